The third-order valence-corrected chi connectivity index (χ3v) is 5.03. The number of rotatable bonds is 2. The van der Waals surface area contributed by atoms with Gasteiger partial charge in [-0.05, 0) is 24.5 Å². The molecule has 18 heavy (non-hydrogen) atoms. The van der Waals surface area contributed by atoms with Crippen LogP contribution in [0.3, 0.4) is 0 Å². The highest BCUT2D eigenvalue weighted by molar-refractivity contribution is 7.88. The molecular formula is C13H18ClNO2S. The molecule has 1 aliphatic heterocycles. The van der Waals surface area contributed by atoms with Crippen molar-refractivity contribution >= 4 is 21.6 Å². The molecule has 0 aliphatic carbocycles. The van der Waals surface area contributed by atoms with Gasteiger partial charge in [-0.1, -0.05) is 42.6 Å². The van der Waals surface area contributed by atoms with E-state index in [1.165, 1.54) is 6.26 Å². The van der Waals surface area contributed by atoms with Gasteiger partial charge in [0.1, 0.15) is 0 Å². The Bertz CT molecular complexity index is 515. The fraction of sp³-hybridized carbons (Fsp3) is 0.538. The third kappa shape index (κ3) is 3.05. The average Bonchev–Trinajstić information content (AvgIpc) is 2.54. The Kier molecular flexibility index (Phi) is 4.30. The SMILES string of the molecule is CS(=O)(=O)N1CCCCC[C@@H]1c1ccccc1Cl. The summed E-state index contributed by atoms with van der Waals surface area (Å²) in [5.74, 6) is 0. The minimum absolute atomic E-state index is 0.115. The van der Waals surface area contributed by atoms with Gasteiger partial charge in [-0.2, -0.15) is 4.31 Å². The molecule has 1 heterocycles. The molecule has 0 N–H and O–H groups in total. The van der Waals surface area contributed by atoms with E-state index in [1.54, 1.807) is 4.31 Å². The van der Waals surface area contributed by atoms with Crippen LogP contribution in [0.5, 0.6) is 0 Å². The first-order chi connectivity index (χ1) is 8.50. The zero-order chi connectivity index (χ0) is 13.2. The summed E-state index contributed by atoms with van der Waals surface area (Å²) >= 11 is 6.20. The number of hydrogen-bond acceptors (Lipinski definition) is 2. The molecule has 1 aromatic rings. The molecule has 0 amide bonds. The van der Waals surface area contributed by atoms with Crippen LogP contribution in [0.25, 0.3) is 0 Å². The monoisotopic (exact) mass is 287 g/mol. The fourth-order valence-corrected chi connectivity index (χ4v) is 3.94. The van der Waals surface area contributed by atoms with E-state index in [-0.39, 0.29) is 6.04 Å². The van der Waals surface area contributed by atoms with Crippen LogP contribution in [-0.2, 0) is 10.0 Å². The normalized spacial score (nSPS) is 22.7. The second-order valence-corrected chi connectivity index (χ2v) is 7.10. The molecule has 100 valence electrons. The summed E-state index contributed by atoms with van der Waals surface area (Å²) in [6.07, 6.45) is 5.17. The van der Waals surface area contributed by atoms with Gasteiger partial charge in [0, 0.05) is 11.6 Å². The molecule has 1 aromatic carbocycles. The molecule has 5 heteroatoms. The first-order valence-corrected chi connectivity index (χ1v) is 8.44. The van der Waals surface area contributed by atoms with Crippen LogP contribution in [0.15, 0.2) is 24.3 Å². The second kappa shape index (κ2) is 5.59. The predicted octanol–water partition coefficient (Wildman–Crippen LogP) is 3.22. The summed E-state index contributed by atoms with van der Waals surface area (Å²) in [5, 5.41) is 0.651. The van der Waals surface area contributed by atoms with Crippen molar-refractivity contribution in [2.45, 2.75) is 31.7 Å². The summed E-state index contributed by atoms with van der Waals surface area (Å²) in [5.41, 5.74) is 0.923. The molecule has 1 aliphatic rings. The van der Waals surface area contributed by atoms with Crippen LogP contribution in [0.2, 0.25) is 5.02 Å². The van der Waals surface area contributed by atoms with E-state index in [9.17, 15) is 8.42 Å². The van der Waals surface area contributed by atoms with E-state index in [0.717, 1.165) is 31.2 Å². The number of benzene rings is 1. The third-order valence-electron chi connectivity index (χ3n) is 3.39. The van der Waals surface area contributed by atoms with Crippen molar-refractivity contribution in [3.63, 3.8) is 0 Å². The lowest BCUT2D eigenvalue weighted by molar-refractivity contribution is 0.331. The van der Waals surface area contributed by atoms with E-state index >= 15 is 0 Å². The maximum Gasteiger partial charge on any atom is 0.211 e. The van der Waals surface area contributed by atoms with Gasteiger partial charge in [0.2, 0.25) is 10.0 Å². The van der Waals surface area contributed by atoms with Gasteiger partial charge in [0.15, 0.2) is 0 Å². The highest BCUT2D eigenvalue weighted by Gasteiger charge is 2.30. The van der Waals surface area contributed by atoms with E-state index < -0.39 is 10.0 Å². The zero-order valence-electron chi connectivity index (χ0n) is 10.5. The maximum atomic E-state index is 11.9. The minimum atomic E-state index is -3.19. The lowest BCUT2D eigenvalue weighted by Gasteiger charge is -2.28. The largest absolute Gasteiger partial charge is 0.212 e. The summed E-state index contributed by atoms with van der Waals surface area (Å²) in [6.45, 7) is 0.592. The molecular weight excluding hydrogens is 270 g/mol. The Balaban J connectivity index is 2.41. The number of nitrogens with zero attached hydrogens (tertiary/aromatic N) is 1. The number of hydrogen-bond donors (Lipinski definition) is 0. The summed E-state index contributed by atoms with van der Waals surface area (Å²) in [6, 6.07) is 7.41. The van der Waals surface area contributed by atoms with E-state index in [1.807, 2.05) is 24.3 Å². The number of halogens is 1. The molecule has 0 bridgehead atoms. The van der Waals surface area contributed by atoms with Crippen LogP contribution in [0.4, 0.5) is 0 Å². The summed E-state index contributed by atoms with van der Waals surface area (Å²) in [4.78, 5) is 0. The van der Waals surface area contributed by atoms with Crippen molar-refractivity contribution in [3.8, 4) is 0 Å². The van der Waals surface area contributed by atoms with Crippen molar-refractivity contribution in [3.05, 3.63) is 34.9 Å². The highest BCUT2D eigenvalue weighted by atomic mass is 35.5. The molecule has 1 saturated heterocycles. The second-order valence-electron chi connectivity index (χ2n) is 4.76. The molecule has 0 spiro atoms. The van der Waals surface area contributed by atoms with E-state index in [0.29, 0.717) is 11.6 Å². The van der Waals surface area contributed by atoms with Gasteiger partial charge in [-0.3, -0.25) is 0 Å². The van der Waals surface area contributed by atoms with Crippen molar-refractivity contribution in [2.75, 3.05) is 12.8 Å². The molecule has 0 aromatic heterocycles. The molecule has 1 fully saturated rings. The van der Waals surface area contributed by atoms with E-state index in [4.69, 9.17) is 11.6 Å². The zero-order valence-corrected chi connectivity index (χ0v) is 12.0. The first-order valence-electron chi connectivity index (χ1n) is 6.21. The Labute approximate surface area is 114 Å². The Morgan fingerprint density at radius 2 is 1.94 bits per heavy atom. The van der Waals surface area contributed by atoms with E-state index in [2.05, 4.69) is 0 Å². The Hall–Kier alpha value is -0.580. The van der Waals surface area contributed by atoms with Gasteiger partial charge in [0.25, 0.3) is 0 Å². The van der Waals surface area contributed by atoms with Gasteiger partial charge in [0.05, 0.1) is 12.3 Å². The first kappa shape index (κ1) is 13.8. The highest BCUT2D eigenvalue weighted by Crippen LogP contribution is 2.35. The van der Waals surface area contributed by atoms with Crippen LogP contribution in [0.1, 0.15) is 37.3 Å². The van der Waals surface area contributed by atoms with Crippen molar-refractivity contribution in [2.24, 2.45) is 0 Å². The molecule has 3 nitrogen and oxygen atoms in total. The van der Waals surface area contributed by atoms with Crippen LogP contribution < -0.4 is 0 Å². The molecule has 1 atom stereocenters. The lowest BCUT2D eigenvalue weighted by Crippen LogP contribution is -2.34. The van der Waals surface area contributed by atoms with Gasteiger partial charge < -0.3 is 0 Å². The predicted molar refractivity (Wildman–Crippen MR) is 74.2 cm³/mol. The Morgan fingerprint density at radius 1 is 1.22 bits per heavy atom. The maximum absolute atomic E-state index is 11.9. The van der Waals surface area contributed by atoms with Crippen molar-refractivity contribution in [1.29, 1.82) is 0 Å². The standard InChI is InChI=1S/C13H18ClNO2S/c1-18(16,17)15-10-6-2-3-9-13(15)11-7-4-5-8-12(11)14/h4-5,7-8,13H,2-3,6,9-10H2,1H3/t13-/m1/s1. The van der Waals surface area contributed by atoms with Gasteiger partial charge in [-0.25, -0.2) is 8.42 Å². The van der Waals surface area contributed by atoms with Crippen molar-refractivity contribution < 1.29 is 8.42 Å². The fourth-order valence-electron chi connectivity index (χ4n) is 2.53. The average molecular weight is 288 g/mol. The molecule has 0 saturated carbocycles. The smallest absolute Gasteiger partial charge is 0.211 e. The topological polar surface area (TPSA) is 37.4 Å². The molecule has 2 rings (SSSR count). The van der Waals surface area contributed by atoms with Gasteiger partial charge >= 0.3 is 0 Å². The number of sulfonamides is 1. The summed E-state index contributed by atoms with van der Waals surface area (Å²) < 4.78 is 25.4. The molecule has 0 unspecified atom stereocenters. The quantitative estimate of drug-likeness (QED) is 0.837. The summed E-state index contributed by atoms with van der Waals surface area (Å²) in [7, 11) is -3.19. The Morgan fingerprint density at radius 3 is 2.61 bits per heavy atom. The minimum Gasteiger partial charge on any atom is -0.212 e. The van der Waals surface area contributed by atoms with Crippen LogP contribution in [-0.4, -0.2) is 25.5 Å². The van der Waals surface area contributed by atoms with Gasteiger partial charge in [-0.15, -0.1) is 0 Å². The van der Waals surface area contributed by atoms with Crippen LogP contribution >= 0.6 is 11.6 Å². The van der Waals surface area contributed by atoms with Crippen molar-refractivity contribution in [1.82, 2.24) is 4.31 Å². The lowest BCUT2D eigenvalue weighted by atomic mass is 10.0. The van der Waals surface area contributed by atoms with Crippen LogP contribution in [0, 0.1) is 0 Å². The molecule has 0 radical (unpaired) electrons.